The number of thioether (sulfide) groups is 1. The topological polar surface area (TPSA) is 62.8 Å². The first-order valence-electron chi connectivity index (χ1n) is 3.04. The number of amidine groups is 1. The second kappa shape index (κ2) is 7.30. The lowest BCUT2D eigenvalue weighted by Crippen LogP contribution is -2.19. The molecule has 0 fully saturated rings. The number of hydrazine groups is 1. The van der Waals surface area contributed by atoms with Crippen LogP contribution in [0.25, 0.3) is 0 Å². The maximum Gasteiger partial charge on any atom is 0.184 e. The quantitative estimate of drug-likeness (QED) is 0.213. The molecule has 0 aliphatic carbocycles. The van der Waals surface area contributed by atoms with Gasteiger partial charge in [-0.2, -0.15) is 0 Å². The molecule has 0 aromatic rings. The van der Waals surface area contributed by atoms with E-state index in [2.05, 4.69) is 22.0 Å². The fourth-order valence-electron chi connectivity index (χ4n) is 0.386. The van der Waals surface area contributed by atoms with E-state index < -0.39 is 0 Å². The van der Waals surface area contributed by atoms with E-state index in [0.29, 0.717) is 5.17 Å². The number of nitrogens with two attached hydrogens (primary N) is 1. The van der Waals surface area contributed by atoms with E-state index in [-0.39, 0.29) is 0 Å². The fraction of sp³-hybridized carbons (Fsp3) is 0.333. The third-order valence-corrected chi connectivity index (χ3v) is 1.72. The summed E-state index contributed by atoms with van der Waals surface area (Å²) in [6, 6.07) is 0. The summed E-state index contributed by atoms with van der Waals surface area (Å²) in [7, 11) is 1.68. The Balaban J connectivity index is 3.77. The van der Waals surface area contributed by atoms with Gasteiger partial charge in [-0.25, -0.2) is 10.8 Å². The van der Waals surface area contributed by atoms with E-state index >= 15 is 0 Å². The Labute approximate surface area is 70.6 Å². The monoisotopic (exact) mass is 172 g/mol. The van der Waals surface area contributed by atoms with E-state index in [0.717, 1.165) is 5.75 Å². The van der Waals surface area contributed by atoms with Crippen LogP contribution in [0, 0.1) is 0 Å². The molecule has 0 bridgehead atoms. The summed E-state index contributed by atoms with van der Waals surface area (Å²) in [5.74, 6) is 5.78. The predicted molar refractivity (Wildman–Crippen MR) is 51.8 cm³/mol. The third kappa shape index (κ3) is 5.63. The molecule has 0 aromatic carbocycles. The van der Waals surface area contributed by atoms with Crippen LogP contribution in [0.15, 0.2) is 22.6 Å². The first kappa shape index (κ1) is 10.2. The molecule has 0 amide bonds. The van der Waals surface area contributed by atoms with Crippen LogP contribution in [0.5, 0.6) is 0 Å². The van der Waals surface area contributed by atoms with Crippen LogP contribution in [0.3, 0.4) is 0 Å². The van der Waals surface area contributed by atoms with Gasteiger partial charge < -0.3 is 5.43 Å². The minimum absolute atomic E-state index is 0.683. The summed E-state index contributed by atoms with van der Waals surface area (Å²) in [4.78, 5) is 7.80. The summed E-state index contributed by atoms with van der Waals surface area (Å²) in [5, 5.41) is 0.683. The molecule has 0 aliphatic heterocycles. The molecule has 0 saturated heterocycles. The van der Waals surface area contributed by atoms with Gasteiger partial charge in [-0.05, 0) is 0 Å². The highest BCUT2D eigenvalue weighted by Gasteiger charge is 1.91. The van der Waals surface area contributed by atoms with Gasteiger partial charge >= 0.3 is 0 Å². The molecule has 0 rings (SSSR count). The number of aliphatic imine (C=N–C) groups is 2. The second-order valence-electron chi connectivity index (χ2n) is 1.53. The average Bonchev–Trinajstić information content (AvgIpc) is 2.05. The van der Waals surface area contributed by atoms with Crippen molar-refractivity contribution in [2.45, 2.75) is 0 Å². The number of rotatable bonds is 3. The van der Waals surface area contributed by atoms with Crippen molar-refractivity contribution >= 4 is 23.3 Å². The first-order chi connectivity index (χ1) is 5.35. The number of nitrogens with zero attached hydrogens (tertiary/aromatic N) is 2. The Hall–Kier alpha value is -0.810. The van der Waals surface area contributed by atoms with Crippen molar-refractivity contribution in [2.75, 3.05) is 12.8 Å². The highest BCUT2D eigenvalue weighted by Crippen LogP contribution is 2.03. The smallest absolute Gasteiger partial charge is 0.184 e. The van der Waals surface area contributed by atoms with E-state index in [4.69, 9.17) is 5.84 Å². The first-order valence-corrected chi connectivity index (χ1v) is 4.02. The van der Waals surface area contributed by atoms with Crippen molar-refractivity contribution in [3.05, 3.63) is 12.7 Å². The molecular formula is C6H12N4S. The van der Waals surface area contributed by atoms with Crippen LogP contribution in [0.4, 0.5) is 0 Å². The molecule has 0 heterocycles. The number of nitrogens with one attached hydrogen (secondary N) is 1. The van der Waals surface area contributed by atoms with Crippen molar-refractivity contribution in [2.24, 2.45) is 15.8 Å². The van der Waals surface area contributed by atoms with E-state index in [1.54, 1.807) is 13.1 Å². The standard InChI is InChI=1S/C6H12N4S/c1-3-4-11-6(8-2)9-5-10-7/h3,5H,1,4,7H2,2H3,(H,8,9,10). The van der Waals surface area contributed by atoms with E-state index in [1.807, 2.05) is 0 Å². The van der Waals surface area contributed by atoms with Crippen molar-refractivity contribution < 1.29 is 0 Å². The second-order valence-corrected chi connectivity index (χ2v) is 2.52. The molecule has 0 aromatic heterocycles. The molecule has 4 nitrogen and oxygen atoms in total. The van der Waals surface area contributed by atoms with Gasteiger partial charge in [0.25, 0.3) is 0 Å². The van der Waals surface area contributed by atoms with Gasteiger partial charge in [-0.3, -0.25) is 4.99 Å². The number of hydrogen-bond donors (Lipinski definition) is 2. The van der Waals surface area contributed by atoms with Crippen molar-refractivity contribution in [3.8, 4) is 0 Å². The molecule has 0 saturated carbocycles. The molecule has 11 heavy (non-hydrogen) atoms. The van der Waals surface area contributed by atoms with Crippen molar-refractivity contribution in [3.63, 3.8) is 0 Å². The van der Waals surface area contributed by atoms with Crippen LogP contribution in [-0.2, 0) is 0 Å². The largest absolute Gasteiger partial charge is 0.315 e. The van der Waals surface area contributed by atoms with Gasteiger partial charge in [-0.1, -0.05) is 17.8 Å². The zero-order chi connectivity index (χ0) is 8.53. The minimum atomic E-state index is 0.683. The lowest BCUT2D eigenvalue weighted by Gasteiger charge is -1.94. The molecule has 0 unspecified atom stereocenters. The van der Waals surface area contributed by atoms with Gasteiger partial charge in [0.15, 0.2) is 5.17 Å². The average molecular weight is 172 g/mol. The maximum atomic E-state index is 4.98. The highest BCUT2D eigenvalue weighted by atomic mass is 32.2. The zero-order valence-corrected chi connectivity index (χ0v) is 7.27. The SMILES string of the molecule is C=CCSC(=NC)/N=C/NN. The molecule has 0 aliphatic rings. The molecule has 0 atom stereocenters. The molecule has 62 valence electrons. The van der Waals surface area contributed by atoms with E-state index in [1.165, 1.54) is 18.1 Å². The normalized spacial score (nSPS) is 12.0. The van der Waals surface area contributed by atoms with E-state index in [9.17, 15) is 0 Å². The van der Waals surface area contributed by atoms with Crippen LogP contribution in [-0.4, -0.2) is 24.3 Å². The molecule has 0 spiro atoms. The van der Waals surface area contributed by atoms with Crippen LogP contribution < -0.4 is 11.3 Å². The third-order valence-electron chi connectivity index (χ3n) is 0.771. The van der Waals surface area contributed by atoms with Crippen LogP contribution in [0.2, 0.25) is 0 Å². The molecule has 3 N–H and O–H groups in total. The lowest BCUT2D eigenvalue weighted by molar-refractivity contribution is 1.06. The highest BCUT2D eigenvalue weighted by molar-refractivity contribution is 8.14. The van der Waals surface area contributed by atoms with Gasteiger partial charge in [-0.15, -0.1) is 6.58 Å². The Morgan fingerprint density at radius 2 is 2.55 bits per heavy atom. The summed E-state index contributed by atoms with van der Waals surface area (Å²) < 4.78 is 0. The summed E-state index contributed by atoms with van der Waals surface area (Å²) in [5.41, 5.74) is 2.30. The van der Waals surface area contributed by atoms with Gasteiger partial charge in [0.2, 0.25) is 0 Å². The minimum Gasteiger partial charge on any atom is -0.315 e. The van der Waals surface area contributed by atoms with Crippen LogP contribution >= 0.6 is 11.8 Å². The lowest BCUT2D eigenvalue weighted by atomic mass is 10.8. The zero-order valence-electron chi connectivity index (χ0n) is 6.45. The summed E-state index contributed by atoms with van der Waals surface area (Å²) in [6.07, 6.45) is 3.18. The summed E-state index contributed by atoms with van der Waals surface area (Å²) >= 11 is 1.50. The molecule has 5 heteroatoms. The Morgan fingerprint density at radius 3 is 3.00 bits per heavy atom. The van der Waals surface area contributed by atoms with Crippen molar-refractivity contribution in [1.82, 2.24) is 5.43 Å². The number of hydrogen-bond acceptors (Lipinski definition) is 3. The predicted octanol–water partition coefficient (Wildman–Crippen LogP) is 0.383. The fourth-order valence-corrected chi connectivity index (χ4v) is 0.909. The van der Waals surface area contributed by atoms with Gasteiger partial charge in [0.05, 0.1) is 0 Å². The van der Waals surface area contributed by atoms with Gasteiger partial charge in [0.1, 0.15) is 6.34 Å². The summed E-state index contributed by atoms with van der Waals surface area (Å²) in [6.45, 7) is 3.58. The maximum absolute atomic E-state index is 4.98. The Morgan fingerprint density at radius 1 is 1.82 bits per heavy atom. The van der Waals surface area contributed by atoms with Crippen LogP contribution in [0.1, 0.15) is 0 Å². The van der Waals surface area contributed by atoms with Gasteiger partial charge in [0, 0.05) is 12.8 Å². The Bertz CT molecular complexity index is 164. The molecule has 0 radical (unpaired) electrons. The Kier molecular flexibility index (Phi) is 6.76. The molecular weight excluding hydrogens is 160 g/mol. The van der Waals surface area contributed by atoms with Crippen molar-refractivity contribution in [1.29, 1.82) is 0 Å².